The van der Waals surface area contributed by atoms with Gasteiger partial charge in [-0.2, -0.15) is 4.98 Å². The van der Waals surface area contributed by atoms with E-state index in [-0.39, 0.29) is 18.0 Å². The first-order valence-electron chi connectivity index (χ1n) is 10.4. The van der Waals surface area contributed by atoms with Crippen molar-refractivity contribution in [2.24, 2.45) is 0 Å². The molecule has 0 bridgehead atoms. The molecule has 31 heavy (non-hydrogen) atoms. The van der Waals surface area contributed by atoms with Crippen molar-refractivity contribution in [1.29, 1.82) is 0 Å². The zero-order valence-corrected chi connectivity index (χ0v) is 17.6. The molecule has 4 aromatic rings. The minimum Gasteiger partial charge on any atom is -0.337 e. The van der Waals surface area contributed by atoms with Crippen LogP contribution in [0, 0.1) is 13.8 Å². The second kappa shape index (κ2) is 7.50. The van der Waals surface area contributed by atoms with Crippen LogP contribution in [-0.4, -0.2) is 43.0 Å². The Hall–Kier alpha value is -3.74. The summed E-state index contributed by atoms with van der Waals surface area (Å²) in [4.78, 5) is 35.9. The molecule has 1 aliphatic rings. The molecule has 5 rings (SSSR count). The van der Waals surface area contributed by atoms with Gasteiger partial charge in [-0.3, -0.25) is 9.59 Å². The normalized spacial score (nSPS) is 14.3. The van der Waals surface area contributed by atoms with Crippen LogP contribution < -0.4 is 5.56 Å². The van der Waals surface area contributed by atoms with E-state index in [4.69, 9.17) is 0 Å². The Bertz CT molecular complexity index is 1410. The van der Waals surface area contributed by atoms with Gasteiger partial charge in [0.15, 0.2) is 0 Å². The predicted molar refractivity (Wildman–Crippen MR) is 121 cm³/mol. The van der Waals surface area contributed by atoms with Crippen LogP contribution in [0.15, 0.2) is 59.4 Å². The molecule has 0 saturated carbocycles. The molecule has 0 spiro atoms. The lowest BCUT2D eigenvalue weighted by atomic mass is 10.1. The summed E-state index contributed by atoms with van der Waals surface area (Å²) in [5.41, 5.74) is 3.59. The van der Waals surface area contributed by atoms with Crippen LogP contribution in [0.1, 0.15) is 18.1 Å². The molecule has 2 aromatic carbocycles. The van der Waals surface area contributed by atoms with Crippen molar-refractivity contribution in [3.05, 3.63) is 76.6 Å². The molecule has 3 heterocycles. The monoisotopic (exact) mass is 413 g/mol. The van der Waals surface area contributed by atoms with E-state index in [9.17, 15) is 9.59 Å². The first-order chi connectivity index (χ1) is 15.0. The maximum Gasteiger partial charge on any atom is 0.280 e. The largest absolute Gasteiger partial charge is 0.337 e. The van der Waals surface area contributed by atoms with Gasteiger partial charge in [-0.25, -0.2) is 4.98 Å². The highest BCUT2D eigenvalue weighted by molar-refractivity contribution is 5.83. The van der Waals surface area contributed by atoms with Crippen LogP contribution in [0.2, 0.25) is 0 Å². The van der Waals surface area contributed by atoms with E-state index in [1.54, 1.807) is 6.07 Å². The Morgan fingerprint density at radius 2 is 1.71 bits per heavy atom. The molecule has 0 saturated heterocycles. The Labute approximate surface area is 179 Å². The van der Waals surface area contributed by atoms with E-state index in [0.717, 1.165) is 28.1 Å². The van der Waals surface area contributed by atoms with Crippen molar-refractivity contribution in [3.63, 3.8) is 0 Å². The third kappa shape index (κ3) is 3.32. The fourth-order valence-electron chi connectivity index (χ4n) is 4.36. The average molecular weight is 413 g/mol. The first-order valence-corrected chi connectivity index (χ1v) is 10.4. The Morgan fingerprint density at radius 3 is 2.48 bits per heavy atom. The third-order valence-electron chi connectivity index (χ3n) is 5.93. The minimum atomic E-state index is -0.208. The van der Waals surface area contributed by atoms with E-state index >= 15 is 0 Å². The Kier molecular flexibility index (Phi) is 4.66. The fraction of sp³-hybridized carbons (Fsp3) is 0.250. The number of fused-ring (bicyclic) bond motifs is 2. The standard InChI is InChI=1S/C24H23N5O2/c1-16-25-20-8-4-6-10-22(20)28(16)15-23(30)27-13-11-18(12-14-27)29-17(2)26-24(31)19-7-3-5-9-21(19)29/h3-11H,12-15H2,1-2H3. The molecule has 0 atom stereocenters. The van der Waals surface area contributed by atoms with Gasteiger partial charge in [0.25, 0.3) is 5.56 Å². The second-order valence-corrected chi connectivity index (χ2v) is 7.84. The highest BCUT2D eigenvalue weighted by atomic mass is 16.2. The van der Waals surface area contributed by atoms with Gasteiger partial charge in [0, 0.05) is 25.2 Å². The quantitative estimate of drug-likeness (QED) is 0.517. The summed E-state index contributed by atoms with van der Waals surface area (Å²) >= 11 is 0. The minimum absolute atomic E-state index is 0.0705. The van der Waals surface area contributed by atoms with Crippen molar-refractivity contribution < 1.29 is 4.79 Å². The number of aromatic nitrogens is 4. The molecule has 0 N–H and O–H groups in total. The number of nitrogens with zero attached hydrogens (tertiary/aromatic N) is 5. The predicted octanol–water partition coefficient (Wildman–Crippen LogP) is 3.14. The van der Waals surface area contributed by atoms with Gasteiger partial charge in [0.05, 0.1) is 21.9 Å². The third-order valence-corrected chi connectivity index (χ3v) is 5.93. The first kappa shape index (κ1) is 19.2. The summed E-state index contributed by atoms with van der Waals surface area (Å²) in [6.45, 7) is 5.20. The van der Waals surface area contributed by atoms with Crippen LogP contribution >= 0.6 is 0 Å². The Balaban J connectivity index is 1.40. The number of rotatable bonds is 3. The average Bonchev–Trinajstić information content (AvgIpc) is 3.09. The molecule has 0 unspecified atom stereocenters. The maximum atomic E-state index is 13.0. The lowest BCUT2D eigenvalue weighted by Gasteiger charge is -2.28. The molecule has 2 aromatic heterocycles. The van der Waals surface area contributed by atoms with Crippen LogP contribution in [0.25, 0.3) is 27.6 Å². The lowest BCUT2D eigenvalue weighted by Crippen LogP contribution is -2.37. The van der Waals surface area contributed by atoms with Crippen molar-refractivity contribution in [1.82, 2.24) is 24.0 Å². The summed E-state index contributed by atoms with van der Waals surface area (Å²) in [7, 11) is 0. The van der Waals surface area contributed by atoms with Gasteiger partial charge >= 0.3 is 0 Å². The van der Waals surface area contributed by atoms with Crippen molar-refractivity contribution >= 4 is 33.5 Å². The zero-order valence-electron chi connectivity index (χ0n) is 17.6. The van der Waals surface area contributed by atoms with E-state index in [0.29, 0.717) is 30.7 Å². The molecule has 7 nitrogen and oxygen atoms in total. The summed E-state index contributed by atoms with van der Waals surface area (Å²) in [6, 6.07) is 15.4. The number of imidazole rings is 1. The van der Waals surface area contributed by atoms with E-state index in [1.165, 1.54) is 0 Å². The van der Waals surface area contributed by atoms with Crippen molar-refractivity contribution in [3.8, 4) is 0 Å². The highest BCUT2D eigenvalue weighted by Crippen LogP contribution is 2.23. The number of para-hydroxylation sites is 3. The van der Waals surface area contributed by atoms with Crippen LogP contribution in [0.5, 0.6) is 0 Å². The van der Waals surface area contributed by atoms with Crippen LogP contribution in [0.3, 0.4) is 0 Å². The SMILES string of the molecule is Cc1nc2ccccc2n1CC(=O)N1CC=C(n2c(C)nc(=O)c3ccccc32)CC1. The number of carbonyl (C=O) groups is 1. The Morgan fingerprint density at radius 1 is 0.968 bits per heavy atom. The molecule has 156 valence electrons. The van der Waals surface area contributed by atoms with E-state index in [1.807, 2.05) is 70.3 Å². The number of hydrogen-bond donors (Lipinski definition) is 0. The molecule has 0 fully saturated rings. The molecule has 1 amide bonds. The van der Waals surface area contributed by atoms with Gasteiger partial charge in [-0.05, 0) is 44.2 Å². The van der Waals surface area contributed by atoms with E-state index in [2.05, 4.69) is 16.0 Å². The van der Waals surface area contributed by atoms with Gasteiger partial charge in [0.2, 0.25) is 5.91 Å². The number of amides is 1. The van der Waals surface area contributed by atoms with Crippen molar-refractivity contribution in [2.75, 3.05) is 13.1 Å². The molecular formula is C24H23N5O2. The smallest absolute Gasteiger partial charge is 0.280 e. The fourth-order valence-corrected chi connectivity index (χ4v) is 4.36. The topological polar surface area (TPSA) is 73.0 Å². The molecule has 1 aliphatic heterocycles. The van der Waals surface area contributed by atoms with Crippen LogP contribution in [0.4, 0.5) is 0 Å². The van der Waals surface area contributed by atoms with Gasteiger partial charge < -0.3 is 14.0 Å². The molecule has 0 radical (unpaired) electrons. The number of benzene rings is 2. The van der Waals surface area contributed by atoms with E-state index < -0.39 is 0 Å². The lowest BCUT2D eigenvalue weighted by molar-refractivity contribution is -0.131. The summed E-state index contributed by atoms with van der Waals surface area (Å²) in [6.07, 6.45) is 2.76. The van der Waals surface area contributed by atoms with Crippen LogP contribution in [-0.2, 0) is 11.3 Å². The van der Waals surface area contributed by atoms with Gasteiger partial charge in [-0.1, -0.05) is 24.3 Å². The number of hydrogen-bond acceptors (Lipinski definition) is 4. The summed E-state index contributed by atoms with van der Waals surface area (Å²) in [5.74, 6) is 1.57. The zero-order chi connectivity index (χ0) is 21.5. The number of aryl methyl sites for hydroxylation is 2. The maximum absolute atomic E-state index is 13.0. The highest BCUT2D eigenvalue weighted by Gasteiger charge is 2.21. The molecule has 0 aliphatic carbocycles. The molecule has 7 heteroatoms. The summed E-state index contributed by atoms with van der Waals surface area (Å²) < 4.78 is 4.01. The summed E-state index contributed by atoms with van der Waals surface area (Å²) in [5, 5.41) is 0.606. The van der Waals surface area contributed by atoms with Gasteiger partial charge in [0.1, 0.15) is 18.2 Å². The van der Waals surface area contributed by atoms with Gasteiger partial charge in [-0.15, -0.1) is 0 Å². The second-order valence-electron chi connectivity index (χ2n) is 7.84. The molecular weight excluding hydrogens is 390 g/mol. The number of carbonyl (C=O) groups excluding carboxylic acids is 1. The van der Waals surface area contributed by atoms with Crippen molar-refractivity contribution in [2.45, 2.75) is 26.8 Å².